The van der Waals surface area contributed by atoms with Gasteiger partial charge in [0.05, 0.1) is 33.3 Å². The number of hydrogen-bond acceptors (Lipinski definition) is 8. The topological polar surface area (TPSA) is 146 Å². The Morgan fingerprint density at radius 1 is 1.02 bits per heavy atom. The third-order valence-corrected chi connectivity index (χ3v) is 12.8. The van der Waals surface area contributed by atoms with Crippen LogP contribution in [0.1, 0.15) is 29.2 Å². The molecule has 3 heterocycles. The first kappa shape index (κ1) is 30.6. The molecule has 3 aromatic rings. The maximum Gasteiger partial charge on any atom is 0.305 e. The van der Waals surface area contributed by atoms with E-state index >= 15 is 0 Å². The second-order valence-corrected chi connectivity index (χ2v) is 15.0. The van der Waals surface area contributed by atoms with Gasteiger partial charge < -0.3 is 20.1 Å². The van der Waals surface area contributed by atoms with E-state index in [-0.39, 0.29) is 59.3 Å². The van der Waals surface area contributed by atoms with Gasteiger partial charge in [-0.2, -0.15) is 0 Å². The molecule has 7 rings (SSSR count). The molecule has 3 amide bonds. The summed E-state index contributed by atoms with van der Waals surface area (Å²) in [6.07, 6.45) is 0.358. The number of aromatic nitrogens is 1. The van der Waals surface area contributed by atoms with Gasteiger partial charge in [-0.05, 0) is 60.6 Å². The van der Waals surface area contributed by atoms with Crippen molar-refractivity contribution in [2.75, 3.05) is 18.5 Å². The Kier molecular flexibility index (Phi) is 7.92. The summed E-state index contributed by atoms with van der Waals surface area (Å²) in [5.41, 5.74) is 1.13. The van der Waals surface area contributed by atoms with Gasteiger partial charge in [0.15, 0.2) is 6.61 Å². The number of fused-ring (bicyclic) bond motifs is 9. The lowest BCUT2D eigenvalue weighted by atomic mass is 9.68. The maximum absolute atomic E-state index is 13.6. The van der Waals surface area contributed by atoms with Crippen LogP contribution in [0.4, 0.5) is 5.69 Å². The van der Waals surface area contributed by atoms with E-state index in [1.807, 2.05) is 0 Å². The molecular formula is C30H24Cl3N3O7S2. The van der Waals surface area contributed by atoms with Crippen LogP contribution in [0.2, 0.25) is 15.1 Å². The predicted molar refractivity (Wildman–Crippen MR) is 170 cm³/mol. The van der Waals surface area contributed by atoms with E-state index in [1.165, 1.54) is 17.8 Å². The summed E-state index contributed by atoms with van der Waals surface area (Å²) in [7, 11) is 0. The highest BCUT2D eigenvalue weighted by Gasteiger charge is 2.69. The molecule has 2 aliphatic carbocycles. The number of ether oxygens (including phenoxy) is 1. The molecule has 10 nitrogen and oxygen atoms in total. The van der Waals surface area contributed by atoms with Crippen LogP contribution in [0, 0.1) is 29.6 Å². The number of carbonyl (C=O) groups is 4. The van der Waals surface area contributed by atoms with E-state index in [0.717, 1.165) is 21.1 Å². The number of benzene rings is 2. The third kappa shape index (κ3) is 5.24. The summed E-state index contributed by atoms with van der Waals surface area (Å²) in [6, 6.07) is 9.83. The number of H-pyrrole nitrogens is 1. The number of halogens is 3. The van der Waals surface area contributed by atoms with Crippen LogP contribution in [-0.2, 0) is 19.2 Å². The van der Waals surface area contributed by atoms with Crippen LogP contribution in [0.5, 0.6) is 5.75 Å². The number of hydrogen-bond donors (Lipinski definition) is 3. The Morgan fingerprint density at radius 3 is 2.51 bits per heavy atom. The number of aliphatic carboxylic acids is 1. The van der Waals surface area contributed by atoms with E-state index in [4.69, 9.17) is 39.5 Å². The highest BCUT2D eigenvalue weighted by atomic mass is 35.5. The molecule has 3 fully saturated rings. The third-order valence-electron chi connectivity index (χ3n) is 9.23. The van der Waals surface area contributed by atoms with Crippen LogP contribution in [0.15, 0.2) is 46.2 Å². The lowest BCUT2D eigenvalue weighted by Crippen LogP contribution is -2.42. The molecule has 3 N–H and O–H groups in total. The van der Waals surface area contributed by atoms with Crippen molar-refractivity contribution in [2.24, 2.45) is 29.6 Å². The molecule has 2 saturated carbocycles. The van der Waals surface area contributed by atoms with Crippen molar-refractivity contribution < 1.29 is 29.0 Å². The Balaban J connectivity index is 1.21. The lowest BCUT2D eigenvalue weighted by Gasteiger charge is -2.43. The fourth-order valence-corrected chi connectivity index (χ4v) is 11.0. The number of likely N-dealkylation sites (tertiary alicyclic amines) is 1. The first-order valence-electron chi connectivity index (χ1n) is 14.2. The second-order valence-electron chi connectivity index (χ2n) is 11.6. The number of thiazole rings is 1. The fraction of sp³-hybridized carbons (Fsp3) is 0.367. The van der Waals surface area contributed by atoms with Crippen molar-refractivity contribution in [1.82, 2.24) is 9.88 Å². The van der Waals surface area contributed by atoms with Gasteiger partial charge in [-0.3, -0.25) is 28.9 Å². The van der Waals surface area contributed by atoms with Crippen LogP contribution >= 0.6 is 57.9 Å². The molecular weight excluding hydrogens is 685 g/mol. The zero-order chi connectivity index (χ0) is 31.7. The van der Waals surface area contributed by atoms with Gasteiger partial charge in [-0.25, -0.2) is 0 Å². The Bertz CT molecular complexity index is 1830. The molecule has 6 unspecified atom stereocenters. The van der Waals surface area contributed by atoms with Crippen molar-refractivity contribution in [3.63, 3.8) is 0 Å². The van der Waals surface area contributed by atoms with Crippen LogP contribution in [-0.4, -0.2) is 57.1 Å². The van der Waals surface area contributed by atoms with E-state index in [2.05, 4.69) is 10.3 Å². The summed E-state index contributed by atoms with van der Waals surface area (Å²) >= 11 is 21.2. The summed E-state index contributed by atoms with van der Waals surface area (Å²) in [6.45, 7) is -0.481. The number of thioether (sulfide) groups is 1. The number of carboxylic acids is 1. The summed E-state index contributed by atoms with van der Waals surface area (Å²) in [5.74, 6) is -3.64. The minimum absolute atomic E-state index is 0.0834. The SMILES string of the molecule is O=C(O)CCN1C(=O)C2C3CC(C2C1=O)C1C3Sc2[nH]c(=O)sc2[C@@H]1c1cc(Cl)ccc1OCC(=O)Nc1ccc(Cl)c(Cl)c1. The predicted octanol–water partition coefficient (Wildman–Crippen LogP) is 5.36. The molecule has 2 aromatic carbocycles. The zero-order valence-corrected chi connectivity index (χ0v) is 27.0. The number of amides is 3. The highest BCUT2D eigenvalue weighted by Crippen LogP contribution is 2.69. The second kappa shape index (κ2) is 11.6. The van der Waals surface area contributed by atoms with Crippen LogP contribution < -0.4 is 14.9 Å². The normalized spacial score (nSPS) is 27.7. The molecule has 1 saturated heterocycles. The largest absolute Gasteiger partial charge is 0.483 e. The number of nitrogens with one attached hydrogen (secondary N) is 2. The zero-order valence-electron chi connectivity index (χ0n) is 23.1. The van der Waals surface area contributed by atoms with Gasteiger partial charge in [0.25, 0.3) is 5.91 Å². The molecule has 45 heavy (non-hydrogen) atoms. The monoisotopic (exact) mass is 707 g/mol. The first-order valence-corrected chi connectivity index (χ1v) is 17.0. The molecule has 1 aromatic heterocycles. The van der Waals surface area contributed by atoms with E-state index in [0.29, 0.717) is 43.5 Å². The van der Waals surface area contributed by atoms with Crippen molar-refractivity contribution in [3.8, 4) is 5.75 Å². The Hall–Kier alpha value is -3.03. The standard InChI is InChI=1S/C30H24Cl3N3O7S2/c31-11-1-4-18(43-10-19(37)34-12-2-3-16(32)17(33)8-12)13(7-11)21-22-14-9-15(25(22)44-27-26(21)45-30(42)35-27)24-23(14)28(40)36(29(24)41)6-5-20(38)39/h1-4,7-8,14-15,21-25H,5-6,9-10H2,(H,34,37)(H,35,42)(H,38,39)/t14?,15?,21-,22?,23?,24?,25?/m1/s1. The molecule has 234 valence electrons. The minimum Gasteiger partial charge on any atom is -0.483 e. The number of carbonyl (C=O) groups excluding carboxylic acids is 3. The molecule has 15 heteroatoms. The van der Waals surface area contributed by atoms with Gasteiger partial charge >= 0.3 is 10.8 Å². The first-order chi connectivity index (χ1) is 21.5. The maximum atomic E-state index is 13.6. The molecule has 2 aliphatic heterocycles. The van der Waals surface area contributed by atoms with E-state index < -0.39 is 29.6 Å². The fourth-order valence-electron chi connectivity index (χ4n) is 7.66. The van der Waals surface area contributed by atoms with Gasteiger partial charge in [0.1, 0.15) is 5.75 Å². The summed E-state index contributed by atoms with van der Waals surface area (Å²) in [5, 5.41) is 13.6. The van der Waals surface area contributed by atoms with Crippen LogP contribution in [0.3, 0.4) is 0 Å². The average Bonchev–Trinajstić information content (AvgIpc) is 3.72. The molecule has 2 bridgehead atoms. The van der Waals surface area contributed by atoms with Gasteiger partial charge in [-0.1, -0.05) is 46.1 Å². The number of carboxylic acid groups (broad SMARTS) is 1. The number of aromatic amines is 1. The van der Waals surface area contributed by atoms with Crippen molar-refractivity contribution in [1.29, 1.82) is 0 Å². The quantitative estimate of drug-likeness (QED) is 0.265. The van der Waals surface area contributed by atoms with E-state index in [1.54, 1.807) is 30.3 Å². The van der Waals surface area contributed by atoms with Gasteiger partial charge in [0.2, 0.25) is 11.8 Å². The van der Waals surface area contributed by atoms with E-state index in [9.17, 15) is 29.1 Å². The smallest absolute Gasteiger partial charge is 0.305 e. The van der Waals surface area contributed by atoms with Crippen molar-refractivity contribution in [3.05, 3.63) is 71.6 Å². The molecule has 7 atom stereocenters. The number of anilines is 1. The number of rotatable bonds is 8. The Morgan fingerprint density at radius 2 is 1.78 bits per heavy atom. The van der Waals surface area contributed by atoms with Crippen molar-refractivity contribution in [2.45, 2.75) is 29.0 Å². The molecule has 0 spiro atoms. The molecule has 0 radical (unpaired) electrons. The average molecular weight is 709 g/mol. The van der Waals surface area contributed by atoms with Gasteiger partial charge in [0, 0.05) is 38.9 Å². The summed E-state index contributed by atoms with van der Waals surface area (Å²) in [4.78, 5) is 68.4. The summed E-state index contributed by atoms with van der Waals surface area (Å²) < 4.78 is 6.07. The number of imide groups is 1. The molecule has 4 aliphatic rings. The van der Waals surface area contributed by atoms with Crippen LogP contribution in [0.25, 0.3) is 0 Å². The van der Waals surface area contributed by atoms with Crippen molar-refractivity contribution >= 4 is 87.3 Å². The Labute approximate surface area is 279 Å². The number of nitrogens with zero attached hydrogens (tertiary/aromatic N) is 1. The van der Waals surface area contributed by atoms with Gasteiger partial charge in [-0.15, -0.1) is 11.8 Å². The highest BCUT2D eigenvalue weighted by molar-refractivity contribution is 8.00. The lowest BCUT2D eigenvalue weighted by molar-refractivity contribution is -0.142. The minimum atomic E-state index is -1.08.